The van der Waals surface area contributed by atoms with Crippen LogP contribution < -0.4 is 9.75 Å². The summed E-state index contributed by atoms with van der Waals surface area (Å²) in [5.41, 5.74) is 2.49. The number of allylic oxidation sites excluding steroid dienone is 1. The third-order valence-electron chi connectivity index (χ3n) is 3.27. The maximum absolute atomic E-state index is 4.16. The Morgan fingerprint density at radius 1 is 1.05 bits per heavy atom. The predicted octanol–water partition coefficient (Wildman–Crippen LogP) is 4.71. The van der Waals surface area contributed by atoms with E-state index in [1.165, 1.54) is 26.4 Å². The zero-order valence-corrected chi connectivity index (χ0v) is 13.3. The zero-order chi connectivity index (χ0) is 14.1. The molecule has 0 radical (unpaired) electrons. The molecule has 98 valence electrons. The first-order valence-corrected chi connectivity index (χ1v) is 7.91. The molecule has 0 saturated heterocycles. The van der Waals surface area contributed by atoms with Gasteiger partial charge in [0.15, 0.2) is 0 Å². The summed E-state index contributed by atoms with van der Waals surface area (Å²) < 4.78 is 3.47. The minimum absolute atomic E-state index is 1.09. The van der Waals surface area contributed by atoms with Crippen molar-refractivity contribution in [2.45, 2.75) is 0 Å². The van der Waals surface area contributed by atoms with Crippen molar-refractivity contribution in [3.8, 4) is 11.1 Å². The van der Waals surface area contributed by atoms with Gasteiger partial charge in [-0.2, -0.15) is 0 Å². The quantitative estimate of drug-likeness (QED) is 0.633. The van der Waals surface area contributed by atoms with E-state index in [0.717, 1.165) is 9.01 Å². The number of fused-ring (bicyclic) bond motifs is 1. The fourth-order valence-electron chi connectivity index (χ4n) is 2.34. The molecule has 0 amide bonds. The van der Waals surface area contributed by atoms with E-state index in [9.17, 15) is 0 Å². The lowest BCUT2D eigenvalue weighted by atomic mass is 10.0. The molecule has 0 aliphatic carbocycles. The van der Waals surface area contributed by atoms with Crippen molar-refractivity contribution in [3.63, 3.8) is 0 Å². The molecule has 0 unspecified atom stereocenters. The molecule has 2 heteroatoms. The normalized spacial score (nSPS) is 11.9. The molecule has 1 aromatic heterocycles. The number of hydrogen-bond donors (Lipinski definition) is 0. The number of rotatable bonds is 2. The van der Waals surface area contributed by atoms with Gasteiger partial charge in [-0.05, 0) is 28.5 Å². The summed E-state index contributed by atoms with van der Waals surface area (Å²) in [7, 11) is 0. The lowest BCUT2D eigenvalue weighted by Gasteiger charge is -2.03. The van der Waals surface area contributed by atoms with E-state index in [4.69, 9.17) is 0 Å². The molecule has 0 aliphatic rings. The molecular formula is C18H13BrS. The molecule has 0 atom stereocenters. The lowest BCUT2D eigenvalue weighted by molar-refractivity contribution is 1.63. The molecule has 0 saturated carbocycles. The van der Waals surface area contributed by atoms with E-state index >= 15 is 0 Å². The van der Waals surface area contributed by atoms with E-state index in [-0.39, 0.29) is 0 Å². The van der Waals surface area contributed by atoms with Crippen LogP contribution in [0.4, 0.5) is 0 Å². The first-order valence-electron chi connectivity index (χ1n) is 6.30. The van der Waals surface area contributed by atoms with Crippen LogP contribution in [0.5, 0.6) is 0 Å². The Labute approximate surface area is 130 Å². The standard InChI is InChI=1S/C18H13BrS/c1-3-5-15-12(2)20-18-16(6-4-7-17(15)18)13-8-10-14(19)11-9-13/h3-11H,1-2H2/b15-5+. The van der Waals surface area contributed by atoms with Crippen LogP contribution in [0.25, 0.3) is 33.9 Å². The summed E-state index contributed by atoms with van der Waals surface area (Å²) in [5, 5.41) is 2.43. The lowest BCUT2D eigenvalue weighted by Crippen LogP contribution is -2.15. The molecule has 20 heavy (non-hydrogen) atoms. The summed E-state index contributed by atoms with van der Waals surface area (Å²) in [6.45, 7) is 7.95. The Hall–Kier alpha value is -1.64. The van der Waals surface area contributed by atoms with Crippen molar-refractivity contribution in [3.05, 3.63) is 69.3 Å². The molecule has 3 rings (SSSR count). The SMILES string of the molecule is C=C/C=c1\c(=C)sc2c(-c3ccc(Br)cc3)cccc12. The highest BCUT2D eigenvalue weighted by molar-refractivity contribution is 9.10. The Bertz CT molecular complexity index is 886. The van der Waals surface area contributed by atoms with E-state index in [1.807, 2.05) is 12.2 Å². The van der Waals surface area contributed by atoms with Crippen molar-refractivity contribution in [1.82, 2.24) is 0 Å². The summed E-state index contributed by atoms with van der Waals surface area (Å²) >= 11 is 5.22. The third kappa shape index (κ3) is 2.26. The van der Waals surface area contributed by atoms with E-state index in [1.54, 1.807) is 11.3 Å². The number of benzene rings is 2. The predicted molar refractivity (Wildman–Crippen MR) is 94.4 cm³/mol. The molecule has 2 aromatic carbocycles. The van der Waals surface area contributed by atoms with Crippen LogP contribution in [0.15, 0.2) is 59.6 Å². The van der Waals surface area contributed by atoms with Crippen LogP contribution >= 0.6 is 27.3 Å². The van der Waals surface area contributed by atoms with Crippen molar-refractivity contribution < 1.29 is 0 Å². The zero-order valence-electron chi connectivity index (χ0n) is 10.9. The van der Waals surface area contributed by atoms with Crippen LogP contribution in [0, 0.1) is 0 Å². The monoisotopic (exact) mass is 340 g/mol. The minimum Gasteiger partial charge on any atom is -0.135 e. The summed E-state index contributed by atoms with van der Waals surface area (Å²) in [6.07, 6.45) is 3.86. The van der Waals surface area contributed by atoms with Crippen LogP contribution in [0.3, 0.4) is 0 Å². The number of hydrogen-bond acceptors (Lipinski definition) is 1. The van der Waals surface area contributed by atoms with Crippen molar-refractivity contribution in [2.75, 3.05) is 0 Å². The van der Waals surface area contributed by atoms with Gasteiger partial charge in [-0.1, -0.05) is 71.6 Å². The third-order valence-corrected chi connectivity index (χ3v) is 4.91. The van der Waals surface area contributed by atoms with Crippen molar-refractivity contribution in [1.29, 1.82) is 0 Å². The number of halogens is 1. The van der Waals surface area contributed by atoms with Gasteiger partial charge in [0.2, 0.25) is 0 Å². The average Bonchev–Trinajstić information content (AvgIpc) is 2.77. The van der Waals surface area contributed by atoms with Gasteiger partial charge in [0.1, 0.15) is 0 Å². The highest BCUT2D eigenvalue weighted by Gasteiger charge is 2.07. The van der Waals surface area contributed by atoms with Gasteiger partial charge < -0.3 is 0 Å². The molecule has 0 fully saturated rings. The first kappa shape index (κ1) is 13.3. The van der Waals surface area contributed by atoms with Gasteiger partial charge in [-0.3, -0.25) is 0 Å². The molecule has 0 spiro atoms. The maximum atomic E-state index is 4.16. The average molecular weight is 341 g/mol. The maximum Gasteiger partial charge on any atom is 0.0433 e. The highest BCUT2D eigenvalue weighted by Crippen LogP contribution is 2.29. The van der Waals surface area contributed by atoms with E-state index < -0.39 is 0 Å². The fraction of sp³-hybridized carbons (Fsp3) is 0. The van der Waals surface area contributed by atoms with E-state index in [2.05, 4.69) is 71.6 Å². The Morgan fingerprint density at radius 2 is 1.80 bits per heavy atom. The Morgan fingerprint density at radius 3 is 2.50 bits per heavy atom. The minimum atomic E-state index is 1.09. The largest absolute Gasteiger partial charge is 0.135 e. The second-order valence-corrected chi connectivity index (χ2v) is 6.55. The molecule has 0 aliphatic heterocycles. The topological polar surface area (TPSA) is 0 Å². The van der Waals surface area contributed by atoms with E-state index in [0.29, 0.717) is 0 Å². The van der Waals surface area contributed by atoms with Crippen LogP contribution in [0.1, 0.15) is 0 Å². The van der Waals surface area contributed by atoms with Gasteiger partial charge in [-0.25, -0.2) is 0 Å². The second kappa shape index (κ2) is 5.39. The second-order valence-electron chi connectivity index (χ2n) is 4.53. The van der Waals surface area contributed by atoms with Crippen LogP contribution in [0.2, 0.25) is 0 Å². The Balaban J connectivity index is 2.36. The van der Waals surface area contributed by atoms with Crippen molar-refractivity contribution >= 4 is 50.0 Å². The summed E-state index contributed by atoms with van der Waals surface area (Å²) in [5.74, 6) is 0. The van der Waals surface area contributed by atoms with Crippen molar-refractivity contribution in [2.24, 2.45) is 0 Å². The summed E-state index contributed by atoms with van der Waals surface area (Å²) in [6, 6.07) is 14.8. The molecule has 0 N–H and O–H groups in total. The van der Waals surface area contributed by atoms with Crippen LogP contribution in [-0.2, 0) is 0 Å². The summed E-state index contributed by atoms with van der Waals surface area (Å²) in [4.78, 5) is 0. The van der Waals surface area contributed by atoms with Crippen LogP contribution in [-0.4, -0.2) is 0 Å². The van der Waals surface area contributed by atoms with Gasteiger partial charge in [0.05, 0.1) is 0 Å². The first-order chi connectivity index (χ1) is 9.70. The Kier molecular flexibility index (Phi) is 3.60. The molecule has 0 bridgehead atoms. The van der Waals surface area contributed by atoms with Gasteiger partial charge in [0, 0.05) is 19.1 Å². The highest BCUT2D eigenvalue weighted by atomic mass is 79.9. The fourth-order valence-corrected chi connectivity index (χ4v) is 3.73. The smallest absolute Gasteiger partial charge is 0.0433 e. The molecule has 3 aromatic rings. The molecule has 0 nitrogen and oxygen atoms in total. The number of thiophene rings is 1. The molecule has 1 heterocycles. The van der Waals surface area contributed by atoms with Gasteiger partial charge >= 0.3 is 0 Å². The van der Waals surface area contributed by atoms with Gasteiger partial charge in [0.25, 0.3) is 0 Å². The van der Waals surface area contributed by atoms with Gasteiger partial charge in [-0.15, -0.1) is 11.3 Å². The molecular weight excluding hydrogens is 328 g/mol.